The SMILES string of the molecule is CN(C)CCOc1nc(N)nc2c1=CCCC1CCC=CC=21. The van der Waals surface area contributed by atoms with Crippen LogP contribution in [-0.2, 0) is 0 Å². The number of rotatable bonds is 4. The first-order valence-corrected chi connectivity index (χ1v) is 7.97. The van der Waals surface area contributed by atoms with Crippen LogP contribution in [0.15, 0.2) is 12.2 Å². The second kappa shape index (κ2) is 6.48. The molecule has 2 aliphatic carbocycles. The van der Waals surface area contributed by atoms with E-state index in [1.807, 2.05) is 14.1 Å². The Kier molecular flexibility index (Phi) is 4.43. The molecule has 0 saturated heterocycles. The lowest BCUT2D eigenvalue weighted by Gasteiger charge is -2.19. The van der Waals surface area contributed by atoms with Crippen molar-refractivity contribution in [3.05, 3.63) is 22.7 Å². The van der Waals surface area contributed by atoms with Gasteiger partial charge in [-0.2, -0.15) is 4.98 Å². The minimum absolute atomic E-state index is 0.291. The summed E-state index contributed by atoms with van der Waals surface area (Å²) in [4.78, 5) is 10.9. The molecule has 0 aliphatic heterocycles. The summed E-state index contributed by atoms with van der Waals surface area (Å²) in [6.07, 6.45) is 11.2. The topological polar surface area (TPSA) is 64.3 Å². The number of hydrogen-bond donors (Lipinski definition) is 1. The summed E-state index contributed by atoms with van der Waals surface area (Å²) in [7, 11) is 4.05. The van der Waals surface area contributed by atoms with Crippen molar-refractivity contribution in [1.29, 1.82) is 0 Å². The average molecular weight is 300 g/mol. The number of anilines is 1. The first-order valence-electron chi connectivity index (χ1n) is 7.97. The van der Waals surface area contributed by atoms with Crippen LogP contribution < -0.4 is 21.0 Å². The third-order valence-electron chi connectivity index (χ3n) is 4.26. The van der Waals surface area contributed by atoms with E-state index in [0.717, 1.165) is 36.4 Å². The van der Waals surface area contributed by atoms with Crippen LogP contribution in [0.5, 0.6) is 5.88 Å². The maximum atomic E-state index is 5.92. The number of fused-ring (bicyclic) bond motifs is 2. The zero-order chi connectivity index (χ0) is 15.5. The Hall–Kier alpha value is -1.88. The second-order valence-electron chi connectivity index (χ2n) is 6.21. The molecular formula is C17H24N4O. The molecule has 0 amide bonds. The summed E-state index contributed by atoms with van der Waals surface area (Å²) in [5.74, 6) is 1.49. The highest BCUT2D eigenvalue weighted by Gasteiger charge is 2.20. The third-order valence-corrected chi connectivity index (χ3v) is 4.26. The monoisotopic (exact) mass is 300 g/mol. The van der Waals surface area contributed by atoms with E-state index in [-0.39, 0.29) is 0 Å². The number of hydrogen-bond acceptors (Lipinski definition) is 5. The van der Waals surface area contributed by atoms with Gasteiger partial charge in [0.05, 0.1) is 10.6 Å². The summed E-state index contributed by atoms with van der Waals surface area (Å²) in [5.41, 5.74) is 7.22. The van der Waals surface area contributed by atoms with Crippen LogP contribution in [0.3, 0.4) is 0 Å². The molecule has 1 heterocycles. The molecule has 2 N–H and O–H groups in total. The van der Waals surface area contributed by atoms with E-state index < -0.39 is 0 Å². The van der Waals surface area contributed by atoms with Crippen LogP contribution in [0.4, 0.5) is 5.95 Å². The first kappa shape index (κ1) is 15.0. The molecule has 1 unspecified atom stereocenters. The van der Waals surface area contributed by atoms with Crippen LogP contribution in [0.1, 0.15) is 25.7 Å². The number of nitrogen functional groups attached to an aromatic ring is 1. The molecule has 3 rings (SSSR count). The van der Waals surface area contributed by atoms with Crippen LogP contribution in [0.25, 0.3) is 11.6 Å². The zero-order valence-electron chi connectivity index (χ0n) is 13.4. The summed E-state index contributed by atoms with van der Waals surface area (Å²) in [6.45, 7) is 1.44. The van der Waals surface area contributed by atoms with E-state index in [9.17, 15) is 0 Å². The highest BCUT2D eigenvalue weighted by Crippen LogP contribution is 2.29. The van der Waals surface area contributed by atoms with Gasteiger partial charge < -0.3 is 15.4 Å². The molecule has 5 heteroatoms. The van der Waals surface area contributed by atoms with E-state index in [0.29, 0.717) is 24.4 Å². The largest absolute Gasteiger partial charge is 0.476 e. The summed E-state index contributed by atoms with van der Waals surface area (Å²) in [5, 5.41) is 1.97. The van der Waals surface area contributed by atoms with Gasteiger partial charge in [-0.1, -0.05) is 18.2 Å². The molecule has 1 atom stereocenters. The third kappa shape index (κ3) is 3.14. The van der Waals surface area contributed by atoms with Gasteiger partial charge in [-0.3, -0.25) is 0 Å². The van der Waals surface area contributed by atoms with E-state index in [4.69, 9.17) is 10.5 Å². The summed E-state index contributed by atoms with van der Waals surface area (Å²) < 4.78 is 5.89. The predicted octanol–water partition coefficient (Wildman–Crippen LogP) is 0.690. The van der Waals surface area contributed by atoms with Gasteiger partial charge in [0.15, 0.2) is 0 Å². The lowest BCUT2D eigenvalue weighted by molar-refractivity contribution is 0.252. The molecule has 0 bridgehead atoms. The summed E-state index contributed by atoms with van der Waals surface area (Å²) >= 11 is 0. The van der Waals surface area contributed by atoms with Gasteiger partial charge >= 0.3 is 0 Å². The lowest BCUT2D eigenvalue weighted by atomic mass is 9.86. The molecule has 22 heavy (non-hydrogen) atoms. The van der Waals surface area contributed by atoms with Crippen molar-refractivity contribution in [3.63, 3.8) is 0 Å². The normalized spacial score (nSPS) is 20.1. The second-order valence-corrected chi connectivity index (χ2v) is 6.21. The molecule has 0 saturated carbocycles. The average Bonchev–Trinajstić information content (AvgIpc) is 2.66. The van der Waals surface area contributed by atoms with Gasteiger partial charge in [-0.15, -0.1) is 0 Å². The Morgan fingerprint density at radius 3 is 2.91 bits per heavy atom. The fraction of sp³-hybridized carbons (Fsp3) is 0.529. The molecule has 0 spiro atoms. The molecule has 5 nitrogen and oxygen atoms in total. The number of aromatic nitrogens is 2. The van der Waals surface area contributed by atoms with Crippen molar-refractivity contribution in [3.8, 4) is 5.88 Å². The van der Waals surface area contributed by atoms with E-state index >= 15 is 0 Å². The standard InChI is InChI=1S/C17H24N4O/c1-21(2)10-11-22-16-14-9-5-7-12-6-3-4-8-13(12)15(14)19-17(18)20-16/h4,8-9,12H,3,5-7,10-11H2,1-2H3,(H2,18,19). The molecular weight excluding hydrogens is 276 g/mol. The molecule has 1 aromatic rings. The molecule has 0 fully saturated rings. The maximum absolute atomic E-state index is 5.92. The number of likely N-dealkylation sites (N-methyl/N-ethyl adjacent to an activating group) is 1. The smallest absolute Gasteiger partial charge is 0.225 e. The van der Waals surface area contributed by atoms with Gasteiger partial charge in [-0.25, -0.2) is 4.98 Å². The van der Waals surface area contributed by atoms with Crippen LogP contribution in [-0.4, -0.2) is 42.1 Å². The Labute approximate surface area is 131 Å². The Bertz CT molecular complexity index is 693. The predicted molar refractivity (Wildman–Crippen MR) is 88.7 cm³/mol. The zero-order valence-corrected chi connectivity index (χ0v) is 13.4. The number of nitrogens with two attached hydrogens (primary N) is 1. The number of ether oxygens (including phenoxy) is 1. The van der Waals surface area contributed by atoms with Gasteiger partial charge in [-0.05, 0) is 51.3 Å². The van der Waals surface area contributed by atoms with Gasteiger partial charge in [0.2, 0.25) is 11.8 Å². The van der Waals surface area contributed by atoms with E-state index in [1.54, 1.807) is 0 Å². The quantitative estimate of drug-likeness (QED) is 0.886. The van der Waals surface area contributed by atoms with E-state index in [1.165, 1.54) is 12.0 Å². The van der Waals surface area contributed by atoms with Crippen molar-refractivity contribution < 1.29 is 4.74 Å². The fourth-order valence-electron chi connectivity index (χ4n) is 3.10. The van der Waals surface area contributed by atoms with Crippen LogP contribution in [0, 0.1) is 5.92 Å². The number of nitrogens with zero attached hydrogens (tertiary/aromatic N) is 3. The van der Waals surface area contributed by atoms with Gasteiger partial charge in [0.25, 0.3) is 0 Å². The first-order chi connectivity index (χ1) is 10.6. The van der Waals surface area contributed by atoms with Crippen molar-refractivity contribution in [2.45, 2.75) is 25.7 Å². The lowest BCUT2D eigenvalue weighted by Crippen LogP contribution is -2.35. The van der Waals surface area contributed by atoms with Gasteiger partial charge in [0, 0.05) is 6.54 Å². The van der Waals surface area contributed by atoms with E-state index in [2.05, 4.69) is 33.1 Å². The maximum Gasteiger partial charge on any atom is 0.225 e. The Morgan fingerprint density at radius 1 is 1.27 bits per heavy atom. The fourth-order valence-corrected chi connectivity index (χ4v) is 3.10. The van der Waals surface area contributed by atoms with Crippen molar-refractivity contribution >= 4 is 17.6 Å². The Balaban J connectivity index is 2.07. The molecule has 118 valence electrons. The van der Waals surface area contributed by atoms with Crippen molar-refractivity contribution in [2.75, 3.05) is 33.0 Å². The Morgan fingerprint density at radius 2 is 2.09 bits per heavy atom. The van der Waals surface area contributed by atoms with Crippen molar-refractivity contribution in [1.82, 2.24) is 14.9 Å². The molecule has 2 aliphatic rings. The number of allylic oxidation sites excluding steroid dienone is 2. The van der Waals surface area contributed by atoms with Crippen molar-refractivity contribution in [2.24, 2.45) is 5.92 Å². The highest BCUT2D eigenvalue weighted by atomic mass is 16.5. The van der Waals surface area contributed by atoms with Gasteiger partial charge in [0.1, 0.15) is 6.61 Å². The van der Waals surface area contributed by atoms with Crippen LogP contribution in [0.2, 0.25) is 0 Å². The van der Waals surface area contributed by atoms with Crippen LogP contribution >= 0.6 is 0 Å². The highest BCUT2D eigenvalue weighted by molar-refractivity contribution is 5.61. The molecule has 0 radical (unpaired) electrons. The summed E-state index contributed by atoms with van der Waals surface area (Å²) in [6, 6.07) is 0. The molecule has 0 aromatic carbocycles. The minimum Gasteiger partial charge on any atom is -0.476 e. The minimum atomic E-state index is 0.291. The molecule has 1 aromatic heterocycles.